The molecule has 0 aliphatic heterocycles. The van der Waals surface area contributed by atoms with Crippen molar-refractivity contribution >= 4 is 12.0 Å². The molecule has 2 nitrogen and oxygen atoms in total. The zero-order valence-electron chi connectivity index (χ0n) is 8.27. The Bertz CT molecular complexity index is 288. The van der Waals surface area contributed by atoms with E-state index in [0.29, 0.717) is 0 Å². The van der Waals surface area contributed by atoms with Crippen LogP contribution in [0.1, 0.15) is 12.5 Å². The molecule has 1 aromatic rings. The van der Waals surface area contributed by atoms with E-state index in [1.165, 1.54) is 12.5 Å². The second-order valence-electron chi connectivity index (χ2n) is 2.39. The molecule has 0 aromatic heterocycles. The van der Waals surface area contributed by atoms with Gasteiger partial charge in [0.2, 0.25) is 0 Å². The summed E-state index contributed by atoms with van der Waals surface area (Å²) in [5, 5.41) is 0. The predicted molar refractivity (Wildman–Crippen MR) is 58.5 cm³/mol. The lowest BCUT2D eigenvalue weighted by Gasteiger charge is -1.85. The van der Waals surface area contributed by atoms with Crippen molar-refractivity contribution in [2.24, 2.45) is 0 Å². The van der Waals surface area contributed by atoms with Crippen molar-refractivity contribution < 1.29 is 9.53 Å². The Kier molecular flexibility index (Phi) is 6.78. The number of ether oxygens (including phenoxy) is 1. The summed E-state index contributed by atoms with van der Waals surface area (Å²) >= 11 is 0. The summed E-state index contributed by atoms with van der Waals surface area (Å²) in [4.78, 5) is 9.75. The first kappa shape index (κ1) is 12.2. The van der Waals surface area contributed by atoms with Crippen LogP contribution in [-0.2, 0) is 9.53 Å². The molecule has 0 amide bonds. The van der Waals surface area contributed by atoms with E-state index >= 15 is 0 Å². The van der Waals surface area contributed by atoms with Gasteiger partial charge in [0.25, 0.3) is 0 Å². The molecule has 0 N–H and O–H groups in total. The molecular formula is C12H14O2. The van der Waals surface area contributed by atoms with Crippen molar-refractivity contribution in [2.75, 3.05) is 0 Å². The van der Waals surface area contributed by atoms with Crippen LogP contribution in [0.3, 0.4) is 0 Å². The van der Waals surface area contributed by atoms with Gasteiger partial charge in [-0.2, -0.15) is 0 Å². The molecular weight excluding hydrogens is 176 g/mol. The van der Waals surface area contributed by atoms with Crippen LogP contribution in [0.25, 0.3) is 6.08 Å². The van der Waals surface area contributed by atoms with Crippen LogP contribution in [0.5, 0.6) is 0 Å². The molecule has 74 valence electrons. The molecule has 0 unspecified atom stereocenters. The van der Waals surface area contributed by atoms with Crippen molar-refractivity contribution in [1.29, 1.82) is 0 Å². The highest BCUT2D eigenvalue weighted by atomic mass is 16.5. The minimum absolute atomic E-state index is 0.329. The van der Waals surface area contributed by atoms with Gasteiger partial charge < -0.3 is 4.74 Å². The Hall–Kier alpha value is -1.83. The first-order valence-corrected chi connectivity index (χ1v) is 4.16. The molecule has 0 saturated carbocycles. The highest BCUT2D eigenvalue weighted by Crippen LogP contribution is 1.97. The van der Waals surface area contributed by atoms with Crippen LogP contribution in [0.2, 0.25) is 0 Å². The largest absolute Gasteiger partial charge is 0.435 e. The number of carbonyl (C=O) groups excluding carboxylic acids is 1. The van der Waals surface area contributed by atoms with Crippen LogP contribution < -0.4 is 0 Å². The number of benzene rings is 1. The van der Waals surface area contributed by atoms with E-state index in [9.17, 15) is 4.79 Å². The quantitative estimate of drug-likeness (QED) is 0.529. The van der Waals surface area contributed by atoms with Crippen molar-refractivity contribution in [2.45, 2.75) is 6.92 Å². The van der Waals surface area contributed by atoms with Gasteiger partial charge >= 0.3 is 5.97 Å². The Morgan fingerprint density at radius 3 is 2.07 bits per heavy atom. The van der Waals surface area contributed by atoms with Crippen molar-refractivity contribution in [3.8, 4) is 0 Å². The summed E-state index contributed by atoms with van der Waals surface area (Å²) in [7, 11) is 0. The normalized spacial score (nSPS) is 7.79. The smallest absolute Gasteiger partial charge is 0.307 e. The number of rotatable bonds is 2. The summed E-state index contributed by atoms with van der Waals surface area (Å²) in [6.45, 7) is 8.11. The zero-order valence-corrected chi connectivity index (χ0v) is 8.27. The highest BCUT2D eigenvalue weighted by molar-refractivity contribution is 5.66. The molecule has 0 aliphatic rings. The third-order valence-electron chi connectivity index (χ3n) is 1.28. The van der Waals surface area contributed by atoms with Gasteiger partial charge in [0.1, 0.15) is 0 Å². The summed E-state index contributed by atoms with van der Waals surface area (Å²) in [6, 6.07) is 10.0. The molecule has 0 aliphatic carbocycles. The topological polar surface area (TPSA) is 26.3 Å². The van der Waals surface area contributed by atoms with Crippen LogP contribution >= 0.6 is 0 Å². The molecule has 0 fully saturated rings. The monoisotopic (exact) mass is 190 g/mol. The van der Waals surface area contributed by atoms with Crippen molar-refractivity contribution in [3.05, 3.63) is 55.3 Å². The van der Waals surface area contributed by atoms with Crippen LogP contribution in [0.15, 0.2) is 49.8 Å². The predicted octanol–water partition coefficient (Wildman–Crippen LogP) is 3.02. The second kappa shape index (κ2) is 7.80. The molecule has 0 radical (unpaired) electrons. The Morgan fingerprint density at radius 2 is 1.86 bits per heavy atom. The minimum Gasteiger partial charge on any atom is -0.435 e. The minimum atomic E-state index is -0.329. The Labute approximate surface area is 84.5 Å². The second-order valence-corrected chi connectivity index (χ2v) is 2.39. The molecule has 0 bridgehead atoms. The molecule has 1 rings (SSSR count). The third-order valence-corrected chi connectivity index (χ3v) is 1.28. The zero-order chi connectivity index (χ0) is 10.8. The summed E-state index contributed by atoms with van der Waals surface area (Å²) < 4.78 is 4.17. The average Bonchev–Trinajstić information content (AvgIpc) is 2.20. The summed E-state index contributed by atoms with van der Waals surface area (Å²) in [6.07, 6.45) is 2.93. The van der Waals surface area contributed by atoms with Gasteiger partial charge in [0, 0.05) is 6.92 Å². The van der Waals surface area contributed by atoms with Crippen LogP contribution in [0.4, 0.5) is 0 Å². The van der Waals surface area contributed by atoms with Crippen molar-refractivity contribution in [3.63, 3.8) is 0 Å². The first-order chi connectivity index (χ1) is 6.70. The van der Waals surface area contributed by atoms with E-state index in [0.717, 1.165) is 6.26 Å². The maximum atomic E-state index is 9.75. The molecule has 0 heterocycles. The summed E-state index contributed by atoms with van der Waals surface area (Å²) in [5.74, 6) is -0.329. The summed E-state index contributed by atoms with van der Waals surface area (Å²) in [5.41, 5.74) is 1.17. The Balaban J connectivity index is 0.000000255. The molecule has 0 saturated heterocycles. The molecule has 0 spiro atoms. The van der Waals surface area contributed by atoms with Gasteiger partial charge in [-0.05, 0) is 5.56 Å². The Morgan fingerprint density at radius 1 is 1.29 bits per heavy atom. The van der Waals surface area contributed by atoms with Crippen LogP contribution in [-0.4, -0.2) is 5.97 Å². The third kappa shape index (κ3) is 6.85. The van der Waals surface area contributed by atoms with Crippen LogP contribution in [0, 0.1) is 0 Å². The maximum absolute atomic E-state index is 9.75. The van der Waals surface area contributed by atoms with E-state index < -0.39 is 0 Å². The van der Waals surface area contributed by atoms with Gasteiger partial charge in [0.05, 0.1) is 6.26 Å². The van der Waals surface area contributed by atoms with Gasteiger partial charge in [0.15, 0.2) is 0 Å². The van der Waals surface area contributed by atoms with Gasteiger partial charge in [-0.15, -0.1) is 0 Å². The fraction of sp³-hybridized carbons (Fsp3) is 0.0833. The molecule has 0 atom stereocenters. The number of hydrogen-bond acceptors (Lipinski definition) is 2. The fourth-order valence-corrected chi connectivity index (χ4v) is 0.706. The fourth-order valence-electron chi connectivity index (χ4n) is 0.706. The van der Waals surface area contributed by atoms with E-state index in [1.807, 2.05) is 36.4 Å². The molecule has 1 aromatic carbocycles. The highest BCUT2D eigenvalue weighted by Gasteiger charge is 1.79. The van der Waals surface area contributed by atoms with E-state index in [-0.39, 0.29) is 5.97 Å². The number of carbonyl (C=O) groups is 1. The molecule has 2 heteroatoms. The lowest BCUT2D eigenvalue weighted by Crippen LogP contribution is -1.87. The number of esters is 1. The van der Waals surface area contributed by atoms with E-state index in [2.05, 4.69) is 17.9 Å². The molecule has 14 heavy (non-hydrogen) atoms. The lowest BCUT2D eigenvalue weighted by molar-refractivity contribution is -0.135. The van der Waals surface area contributed by atoms with Gasteiger partial charge in [-0.1, -0.05) is 49.6 Å². The average molecular weight is 190 g/mol. The first-order valence-electron chi connectivity index (χ1n) is 4.16. The SMILES string of the molecule is C=COC(C)=O.C=Cc1ccccc1. The van der Waals surface area contributed by atoms with E-state index in [1.54, 1.807) is 0 Å². The van der Waals surface area contributed by atoms with Gasteiger partial charge in [-0.25, -0.2) is 0 Å². The maximum Gasteiger partial charge on any atom is 0.307 e. The standard InChI is InChI=1S/C8H8.C4H6O2/c1-2-8-6-4-3-5-7-8;1-3-6-4(2)5/h2-7H,1H2;3H,1H2,2H3. The number of hydrogen-bond donors (Lipinski definition) is 0. The van der Waals surface area contributed by atoms with E-state index in [4.69, 9.17) is 0 Å². The van der Waals surface area contributed by atoms with Gasteiger partial charge in [-0.3, -0.25) is 4.79 Å². The van der Waals surface area contributed by atoms with Crippen molar-refractivity contribution in [1.82, 2.24) is 0 Å². The lowest BCUT2D eigenvalue weighted by atomic mass is 10.2.